The van der Waals surface area contributed by atoms with Gasteiger partial charge in [0.15, 0.2) is 0 Å². The summed E-state index contributed by atoms with van der Waals surface area (Å²) >= 11 is 8.96. The molecule has 0 atom stereocenters. The summed E-state index contributed by atoms with van der Waals surface area (Å²) in [5.74, 6) is 0.0503. The molecule has 10 heteroatoms. The summed E-state index contributed by atoms with van der Waals surface area (Å²) in [4.78, 5) is 41.1. The Labute approximate surface area is 199 Å². The Morgan fingerprint density at radius 1 is 1.09 bits per heavy atom. The van der Waals surface area contributed by atoms with Gasteiger partial charge in [-0.1, -0.05) is 23.7 Å². The van der Waals surface area contributed by atoms with Crippen LogP contribution in [-0.4, -0.2) is 81.8 Å². The molecule has 2 amide bonds. The molecule has 0 unspecified atom stereocenters. The van der Waals surface area contributed by atoms with E-state index in [0.29, 0.717) is 47.8 Å². The summed E-state index contributed by atoms with van der Waals surface area (Å²) in [6, 6.07) is 7.88. The fraction of sp³-hybridized carbons (Fsp3) is 0.364. The summed E-state index contributed by atoms with van der Waals surface area (Å²) < 4.78 is 0. The van der Waals surface area contributed by atoms with Crippen LogP contribution in [0.4, 0.5) is 0 Å². The van der Waals surface area contributed by atoms with Crippen LogP contribution in [0.5, 0.6) is 0 Å². The minimum absolute atomic E-state index is 0.00694. The van der Waals surface area contributed by atoms with Gasteiger partial charge < -0.3 is 9.80 Å². The van der Waals surface area contributed by atoms with E-state index in [-0.39, 0.29) is 11.8 Å². The van der Waals surface area contributed by atoms with Gasteiger partial charge >= 0.3 is 0 Å². The van der Waals surface area contributed by atoms with Crippen molar-refractivity contribution >= 4 is 46.1 Å². The summed E-state index contributed by atoms with van der Waals surface area (Å²) in [6.07, 6.45) is 0. The highest BCUT2D eigenvalue weighted by Crippen LogP contribution is 2.31. The number of benzene rings is 1. The van der Waals surface area contributed by atoms with Crippen LogP contribution in [-0.2, 0) is 0 Å². The first-order valence-electron chi connectivity index (χ1n) is 10.4. The number of carbonyl (C=O) groups excluding carboxylic acids is 2. The number of hydrogen-bond donors (Lipinski definition) is 0. The van der Waals surface area contributed by atoms with Gasteiger partial charge in [-0.2, -0.15) is 0 Å². The molecule has 4 heterocycles. The number of nitrogens with zero attached hydrogens (tertiary/aromatic N) is 5. The second-order valence-corrected chi connectivity index (χ2v) is 10.2. The molecule has 2 aliphatic rings. The van der Waals surface area contributed by atoms with Crippen LogP contribution in [0.15, 0.2) is 35.2 Å². The number of carbonyl (C=O) groups is 2. The fourth-order valence-corrected chi connectivity index (χ4v) is 5.85. The van der Waals surface area contributed by atoms with Crippen LogP contribution in [0, 0.1) is 6.92 Å². The van der Waals surface area contributed by atoms with Crippen LogP contribution in [0.1, 0.15) is 25.9 Å². The van der Waals surface area contributed by atoms with Crippen LogP contribution >= 0.6 is 34.3 Å². The van der Waals surface area contributed by atoms with Gasteiger partial charge in [0.2, 0.25) is 0 Å². The molecular formula is C22H22ClN5O2S2. The second kappa shape index (κ2) is 8.90. The molecule has 0 N–H and O–H groups in total. The van der Waals surface area contributed by atoms with Gasteiger partial charge in [0.25, 0.3) is 11.8 Å². The zero-order chi connectivity index (χ0) is 22.2. The summed E-state index contributed by atoms with van der Waals surface area (Å²) in [5.41, 5.74) is 3.90. The highest BCUT2D eigenvalue weighted by Gasteiger charge is 2.38. The second-order valence-electron chi connectivity index (χ2n) is 8.01. The monoisotopic (exact) mass is 487 g/mol. The normalized spacial score (nSPS) is 17.4. The maximum absolute atomic E-state index is 13.1. The molecule has 0 spiro atoms. The van der Waals surface area contributed by atoms with Crippen molar-refractivity contribution in [2.75, 3.05) is 39.3 Å². The van der Waals surface area contributed by atoms with Crippen molar-refractivity contribution in [1.29, 1.82) is 0 Å². The van der Waals surface area contributed by atoms with E-state index in [2.05, 4.69) is 14.9 Å². The van der Waals surface area contributed by atoms with Crippen LogP contribution < -0.4 is 0 Å². The molecule has 2 aromatic heterocycles. The summed E-state index contributed by atoms with van der Waals surface area (Å²) in [7, 11) is 0. The zero-order valence-corrected chi connectivity index (χ0v) is 19.9. The van der Waals surface area contributed by atoms with Gasteiger partial charge in [-0.05, 0) is 19.1 Å². The van der Waals surface area contributed by atoms with Crippen molar-refractivity contribution < 1.29 is 9.59 Å². The predicted molar refractivity (Wildman–Crippen MR) is 127 cm³/mol. The molecule has 7 nitrogen and oxygen atoms in total. The predicted octanol–water partition coefficient (Wildman–Crippen LogP) is 3.51. The molecule has 0 bridgehead atoms. The highest BCUT2D eigenvalue weighted by molar-refractivity contribution is 7.17. The number of likely N-dealkylation sites (tertiary alicyclic amines) is 1. The Bertz CT molecular complexity index is 1140. The number of amides is 2. The lowest BCUT2D eigenvalue weighted by molar-refractivity contribution is 0.00865. The van der Waals surface area contributed by atoms with Gasteiger partial charge in [-0.15, -0.1) is 22.7 Å². The van der Waals surface area contributed by atoms with E-state index in [0.717, 1.165) is 29.4 Å². The third-order valence-electron chi connectivity index (χ3n) is 5.98. The molecule has 0 radical (unpaired) electrons. The lowest BCUT2D eigenvalue weighted by Gasteiger charge is -2.48. The molecular weight excluding hydrogens is 466 g/mol. The Morgan fingerprint density at radius 3 is 2.56 bits per heavy atom. The Hall–Kier alpha value is -2.33. The third-order valence-corrected chi connectivity index (χ3v) is 8.00. The molecule has 166 valence electrons. The zero-order valence-electron chi connectivity index (χ0n) is 17.5. The van der Waals surface area contributed by atoms with Crippen LogP contribution in [0.2, 0.25) is 5.02 Å². The third kappa shape index (κ3) is 4.17. The molecule has 2 aliphatic heterocycles. The van der Waals surface area contributed by atoms with E-state index in [9.17, 15) is 9.59 Å². The first-order valence-corrected chi connectivity index (χ1v) is 12.6. The Morgan fingerprint density at radius 2 is 1.88 bits per heavy atom. The van der Waals surface area contributed by atoms with E-state index in [1.807, 2.05) is 41.0 Å². The van der Waals surface area contributed by atoms with Gasteiger partial charge in [0, 0.05) is 61.3 Å². The number of aromatic nitrogens is 2. The largest absolute Gasteiger partial charge is 0.335 e. The standard InChI is InChI=1S/C22H22ClN5O2S2/c1-14-19(32-20(25-14)15-3-2-4-16(23)9-15)22(30)28-10-17(11-28)26-5-7-27(8-6-26)21(29)18-12-31-13-24-18/h2-4,9,12-13,17H,5-8,10-11H2,1H3. The first-order chi connectivity index (χ1) is 15.5. The SMILES string of the molecule is Cc1nc(-c2cccc(Cl)c2)sc1C(=O)N1CC(N2CCN(C(=O)c3cscn3)CC2)C1. The van der Waals surface area contributed by atoms with Crippen molar-refractivity contribution in [3.8, 4) is 10.6 Å². The lowest BCUT2D eigenvalue weighted by atomic mass is 10.1. The molecule has 5 rings (SSSR count). The van der Waals surface area contributed by atoms with E-state index < -0.39 is 0 Å². The van der Waals surface area contributed by atoms with Gasteiger partial charge in [-0.25, -0.2) is 9.97 Å². The van der Waals surface area contributed by atoms with Gasteiger partial charge in [0.1, 0.15) is 15.6 Å². The van der Waals surface area contributed by atoms with Crippen molar-refractivity contribution in [2.24, 2.45) is 0 Å². The quantitative estimate of drug-likeness (QED) is 0.563. The van der Waals surface area contributed by atoms with Crippen molar-refractivity contribution in [3.63, 3.8) is 0 Å². The average Bonchev–Trinajstić information content (AvgIpc) is 3.43. The Balaban J connectivity index is 1.16. The van der Waals surface area contributed by atoms with Crippen molar-refractivity contribution in [3.05, 3.63) is 56.4 Å². The molecule has 3 aromatic rings. The number of halogens is 1. The molecule has 0 aliphatic carbocycles. The maximum atomic E-state index is 13.1. The molecule has 1 aromatic carbocycles. The van der Waals surface area contributed by atoms with Gasteiger partial charge in [0.05, 0.1) is 11.2 Å². The summed E-state index contributed by atoms with van der Waals surface area (Å²) in [5, 5.41) is 3.26. The number of rotatable bonds is 4. The van der Waals surface area contributed by atoms with Gasteiger partial charge in [-0.3, -0.25) is 14.5 Å². The van der Waals surface area contributed by atoms with E-state index in [1.165, 1.54) is 22.7 Å². The van der Waals surface area contributed by atoms with Crippen LogP contribution in [0.25, 0.3) is 10.6 Å². The molecule has 2 saturated heterocycles. The van der Waals surface area contributed by atoms with Crippen molar-refractivity contribution in [2.45, 2.75) is 13.0 Å². The smallest absolute Gasteiger partial charge is 0.273 e. The van der Waals surface area contributed by atoms with E-state index >= 15 is 0 Å². The van der Waals surface area contributed by atoms with E-state index in [4.69, 9.17) is 11.6 Å². The minimum atomic E-state index is 0.00694. The fourth-order valence-electron chi connectivity index (χ4n) is 4.11. The van der Waals surface area contributed by atoms with Crippen LogP contribution in [0.3, 0.4) is 0 Å². The minimum Gasteiger partial charge on any atom is -0.335 e. The van der Waals surface area contributed by atoms with E-state index in [1.54, 1.807) is 10.9 Å². The molecule has 0 saturated carbocycles. The molecule has 32 heavy (non-hydrogen) atoms. The molecule has 2 fully saturated rings. The number of hydrogen-bond acceptors (Lipinski definition) is 7. The highest BCUT2D eigenvalue weighted by atomic mass is 35.5. The maximum Gasteiger partial charge on any atom is 0.273 e. The Kier molecular flexibility index (Phi) is 5.98. The number of thiazole rings is 2. The topological polar surface area (TPSA) is 69.6 Å². The number of aryl methyl sites for hydroxylation is 1. The lowest BCUT2D eigenvalue weighted by Crippen LogP contribution is -2.64. The number of piperazine rings is 1. The average molecular weight is 488 g/mol. The first kappa shape index (κ1) is 21.5. The van der Waals surface area contributed by atoms with Crippen molar-refractivity contribution in [1.82, 2.24) is 24.7 Å². The summed E-state index contributed by atoms with van der Waals surface area (Å²) in [6.45, 7) is 6.33.